The Hall–Kier alpha value is -1.51. The van der Waals surface area contributed by atoms with Gasteiger partial charge in [-0.3, -0.25) is 0 Å². The van der Waals surface area contributed by atoms with Crippen molar-refractivity contribution in [2.45, 2.75) is 39.3 Å². The molecule has 150 valence electrons. The molecule has 0 bridgehead atoms. The molecule has 3 aromatic carbocycles. The molecule has 0 aromatic heterocycles. The second-order valence-corrected chi connectivity index (χ2v) is 38.2. The van der Waals surface area contributed by atoms with E-state index in [1.54, 1.807) is 10.4 Å². The van der Waals surface area contributed by atoms with Gasteiger partial charge >= 0.3 is 0 Å². The van der Waals surface area contributed by atoms with Crippen LogP contribution in [0.25, 0.3) is 0 Å². The molecule has 1 aliphatic heterocycles. The van der Waals surface area contributed by atoms with E-state index in [0.717, 1.165) is 0 Å². The van der Waals surface area contributed by atoms with E-state index in [4.69, 9.17) is 4.12 Å². The lowest BCUT2D eigenvalue weighted by Gasteiger charge is -2.45. The van der Waals surface area contributed by atoms with Crippen LogP contribution in [0.5, 0.6) is 0 Å². The van der Waals surface area contributed by atoms with E-state index < -0.39 is 30.9 Å². The van der Waals surface area contributed by atoms with E-state index in [1.165, 1.54) is 10.4 Å². The average molecular weight is 449 g/mol. The highest BCUT2D eigenvalue weighted by Gasteiger charge is 2.67. The van der Waals surface area contributed by atoms with Crippen LogP contribution in [0.4, 0.5) is 0 Å². The van der Waals surface area contributed by atoms with Crippen molar-refractivity contribution in [2.75, 3.05) is 0 Å². The fraction of sp³-hybridized carbons (Fsp3) is 0.250. The Morgan fingerprint density at radius 2 is 0.793 bits per heavy atom. The molecule has 29 heavy (non-hydrogen) atoms. The third-order valence-electron chi connectivity index (χ3n) is 6.46. The van der Waals surface area contributed by atoms with Gasteiger partial charge in [-0.25, -0.2) is 0 Å². The first-order valence-electron chi connectivity index (χ1n) is 10.6. The summed E-state index contributed by atoms with van der Waals surface area (Å²) < 4.78 is 7.91. The van der Waals surface area contributed by atoms with Gasteiger partial charge in [0.25, 0.3) is 0 Å². The molecule has 0 radical (unpaired) electrons. The molecule has 0 saturated carbocycles. The summed E-state index contributed by atoms with van der Waals surface area (Å²) in [4.78, 5) is 0. The lowest BCUT2D eigenvalue weighted by atomic mass is 10.3. The summed E-state index contributed by atoms with van der Waals surface area (Å²) in [6, 6.07) is 31.8. The Labute approximate surface area is 179 Å². The highest BCUT2D eigenvalue weighted by atomic mass is 29.3. The van der Waals surface area contributed by atoms with E-state index >= 15 is 0 Å². The molecular weight excluding hydrogens is 417 g/mol. The average Bonchev–Trinajstić information content (AvgIpc) is 3.03. The van der Waals surface area contributed by atoms with Gasteiger partial charge in [-0.2, -0.15) is 0 Å². The molecule has 0 amide bonds. The topological polar surface area (TPSA) is 9.23 Å². The van der Waals surface area contributed by atoms with Crippen molar-refractivity contribution in [3.63, 3.8) is 0 Å². The zero-order chi connectivity index (χ0) is 20.9. The Balaban J connectivity index is 2.14. The molecule has 2 atom stereocenters. The Bertz CT molecular complexity index is 926. The molecule has 0 N–H and O–H groups in total. The van der Waals surface area contributed by atoms with Gasteiger partial charge in [0.05, 0.1) is 15.2 Å². The summed E-state index contributed by atoms with van der Waals surface area (Å²) in [6.07, 6.45) is 0. The number of hydrogen-bond donors (Lipinski definition) is 0. The number of rotatable bonds is 4. The normalized spacial score (nSPS) is 24.3. The minimum atomic E-state index is -2.32. The fourth-order valence-electron chi connectivity index (χ4n) is 5.19. The van der Waals surface area contributed by atoms with E-state index in [9.17, 15) is 0 Å². The predicted octanol–water partition coefficient (Wildman–Crippen LogP) is 3.67. The van der Waals surface area contributed by atoms with E-state index in [-0.39, 0.29) is 0 Å². The van der Waals surface area contributed by atoms with Crippen LogP contribution in [0.15, 0.2) is 84.9 Å². The second kappa shape index (κ2) is 7.03. The first kappa shape index (κ1) is 20.7. The Kier molecular flexibility index (Phi) is 5.03. The van der Waals surface area contributed by atoms with Crippen LogP contribution in [0.3, 0.4) is 0 Å². The van der Waals surface area contributed by atoms with Crippen LogP contribution in [0, 0.1) is 0 Å². The molecule has 0 aliphatic carbocycles. The molecule has 0 unspecified atom stereocenters. The Morgan fingerprint density at radius 3 is 1.10 bits per heavy atom. The van der Waals surface area contributed by atoms with Gasteiger partial charge in [-0.15, -0.1) is 0 Å². The third kappa shape index (κ3) is 2.94. The standard InChI is InChI=1S/C24H32OSi4/c1-26(2,3)28(21-15-9-7-10-16-21)23-19-13-14-20-24(23)29(25-28,27(4,5)6)22-17-11-8-12-18-22/h7-20H,1-6H3/t28-,29+. The van der Waals surface area contributed by atoms with E-state index in [1.807, 2.05) is 0 Å². The molecule has 1 nitrogen and oxygen atoms in total. The first-order valence-corrected chi connectivity index (χ1v) is 23.4. The van der Waals surface area contributed by atoms with E-state index in [0.29, 0.717) is 0 Å². The van der Waals surface area contributed by atoms with Crippen LogP contribution >= 0.6 is 0 Å². The van der Waals surface area contributed by atoms with Gasteiger partial charge in [0.2, 0.25) is 15.7 Å². The van der Waals surface area contributed by atoms with Crippen LogP contribution in [0.1, 0.15) is 0 Å². The van der Waals surface area contributed by atoms with Crippen LogP contribution in [0.2, 0.25) is 39.3 Å². The summed E-state index contributed by atoms with van der Waals surface area (Å²) in [5, 5.41) is 6.08. The molecule has 1 heterocycles. The Morgan fingerprint density at radius 1 is 0.483 bits per heavy atom. The van der Waals surface area contributed by atoms with Crippen molar-refractivity contribution >= 4 is 51.6 Å². The molecule has 0 saturated heterocycles. The first-order chi connectivity index (χ1) is 13.6. The predicted molar refractivity (Wildman–Crippen MR) is 137 cm³/mol. The second-order valence-electron chi connectivity index (χ2n) is 10.2. The number of hydrogen-bond acceptors (Lipinski definition) is 1. The van der Waals surface area contributed by atoms with Crippen molar-refractivity contribution in [1.29, 1.82) is 0 Å². The number of benzene rings is 3. The molecule has 0 spiro atoms. The zero-order valence-electron chi connectivity index (χ0n) is 18.5. The molecule has 0 fully saturated rings. The van der Waals surface area contributed by atoms with Gasteiger partial charge in [0, 0.05) is 0 Å². The van der Waals surface area contributed by atoms with Gasteiger partial charge in [-0.1, -0.05) is 124 Å². The lowest BCUT2D eigenvalue weighted by Crippen LogP contribution is -2.77. The van der Waals surface area contributed by atoms with Crippen LogP contribution in [-0.4, -0.2) is 30.9 Å². The maximum absolute atomic E-state index is 7.91. The summed E-state index contributed by atoms with van der Waals surface area (Å²) in [7, 11) is -8.03. The smallest absolute Gasteiger partial charge is 0.229 e. The van der Waals surface area contributed by atoms with Crippen molar-refractivity contribution in [3.8, 4) is 0 Å². The molecule has 1 aliphatic rings. The quantitative estimate of drug-likeness (QED) is 0.553. The maximum Gasteiger partial charge on any atom is 0.229 e. The largest absolute Gasteiger partial charge is 0.446 e. The van der Waals surface area contributed by atoms with Gasteiger partial charge in [0.15, 0.2) is 0 Å². The fourth-order valence-corrected chi connectivity index (χ4v) is 41.5. The molecule has 4 rings (SSSR count). The molecule has 5 heteroatoms. The maximum atomic E-state index is 7.91. The zero-order valence-corrected chi connectivity index (χ0v) is 22.5. The minimum absolute atomic E-state index is 1.47. The summed E-state index contributed by atoms with van der Waals surface area (Å²) in [5.74, 6) is 0. The highest BCUT2D eigenvalue weighted by Crippen LogP contribution is 2.34. The SMILES string of the molecule is C[Si](C)(C)[Si@]1(c2ccccc2)O[Si@](c2ccccc2)([Si](C)(C)C)c2ccccc21. The number of fused-ring (bicyclic) bond motifs is 1. The molecule has 3 aromatic rings. The molecular formula is C24H32OSi4. The van der Waals surface area contributed by atoms with Crippen molar-refractivity contribution in [2.24, 2.45) is 0 Å². The summed E-state index contributed by atoms with van der Waals surface area (Å²) in [5.41, 5.74) is 0. The third-order valence-corrected chi connectivity index (χ3v) is 35.9. The van der Waals surface area contributed by atoms with Crippen molar-refractivity contribution in [1.82, 2.24) is 0 Å². The van der Waals surface area contributed by atoms with Gasteiger partial charge in [0.1, 0.15) is 0 Å². The highest BCUT2D eigenvalue weighted by molar-refractivity contribution is 7.59. The van der Waals surface area contributed by atoms with Gasteiger partial charge in [-0.05, 0) is 20.7 Å². The van der Waals surface area contributed by atoms with Crippen molar-refractivity contribution in [3.05, 3.63) is 84.9 Å². The monoisotopic (exact) mass is 448 g/mol. The minimum Gasteiger partial charge on any atom is -0.446 e. The van der Waals surface area contributed by atoms with Crippen LogP contribution in [-0.2, 0) is 4.12 Å². The van der Waals surface area contributed by atoms with E-state index in [2.05, 4.69) is 124 Å². The van der Waals surface area contributed by atoms with Gasteiger partial charge < -0.3 is 4.12 Å². The summed E-state index contributed by atoms with van der Waals surface area (Å²) in [6.45, 7) is 15.2. The van der Waals surface area contributed by atoms with Crippen LogP contribution < -0.4 is 20.7 Å². The lowest BCUT2D eigenvalue weighted by molar-refractivity contribution is 0.617. The van der Waals surface area contributed by atoms with Crippen molar-refractivity contribution < 1.29 is 4.12 Å². The summed E-state index contributed by atoms with van der Waals surface area (Å²) >= 11 is 0.